The van der Waals surface area contributed by atoms with Gasteiger partial charge in [0.25, 0.3) is 0 Å². The van der Waals surface area contributed by atoms with Crippen molar-refractivity contribution in [3.8, 4) is 0 Å². The van der Waals surface area contributed by atoms with E-state index in [2.05, 4.69) is 63.7 Å². The lowest BCUT2D eigenvalue weighted by Crippen LogP contribution is -2.44. The molecule has 1 fully saturated rings. The standard InChI is InChI=1S/C27H35N7O/c1-4-5-7-22-23(25(28)35)8-6-9-24(22)31-26-19(2)18-29-27(32-26)30-20-10-12-21(13-11-20)34-16-14-33(3)15-17-34/h6,8-13,18H,4-5,7,14-17H2,1-3H3,(H2,28,35)(H2,29,30,31,32). The van der Waals surface area contributed by atoms with Crippen molar-refractivity contribution in [1.29, 1.82) is 0 Å². The van der Waals surface area contributed by atoms with Crippen LogP contribution in [0.3, 0.4) is 0 Å². The maximum Gasteiger partial charge on any atom is 0.249 e. The first-order valence-electron chi connectivity index (χ1n) is 12.3. The van der Waals surface area contributed by atoms with Crippen LogP contribution in [0.15, 0.2) is 48.7 Å². The molecule has 0 unspecified atom stereocenters. The normalized spacial score (nSPS) is 14.1. The molecule has 184 valence electrons. The molecule has 1 amide bonds. The van der Waals surface area contributed by atoms with Crippen molar-refractivity contribution in [2.45, 2.75) is 33.1 Å². The number of unbranched alkanes of at least 4 members (excludes halogenated alkanes) is 1. The van der Waals surface area contributed by atoms with Gasteiger partial charge in [0.05, 0.1) is 0 Å². The molecule has 4 N–H and O–H groups in total. The fourth-order valence-electron chi connectivity index (χ4n) is 4.26. The summed E-state index contributed by atoms with van der Waals surface area (Å²) in [7, 11) is 2.16. The van der Waals surface area contributed by atoms with Gasteiger partial charge in [-0.3, -0.25) is 4.79 Å². The second-order valence-electron chi connectivity index (χ2n) is 9.11. The number of amides is 1. The summed E-state index contributed by atoms with van der Waals surface area (Å²) in [5, 5.41) is 6.73. The zero-order valence-corrected chi connectivity index (χ0v) is 20.8. The highest BCUT2D eigenvalue weighted by Gasteiger charge is 2.15. The Bertz CT molecular complexity index is 1150. The molecule has 0 radical (unpaired) electrons. The van der Waals surface area contributed by atoms with E-state index in [0.29, 0.717) is 17.3 Å². The summed E-state index contributed by atoms with van der Waals surface area (Å²) in [6, 6.07) is 14.0. The first kappa shape index (κ1) is 24.5. The van der Waals surface area contributed by atoms with Crippen molar-refractivity contribution >= 4 is 34.7 Å². The zero-order chi connectivity index (χ0) is 24.8. The average Bonchev–Trinajstić information content (AvgIpc) is 2.86. The molecule has 0 spiro atoms. The molecule has 0 bridgehead atoms. The van der Waals surface area contributed by atoms with Gasteiger partial charge in [0.15, 0.2) is 0 Å². The van der Waals surface area contributed by atoms with E-state index in [-0.39, 0.29) is 0 Å². The van der Waals surface area contributed by atoms with Crippen LogP contribution in [-0.2, 0) is 6.42 Å². The Kier molecular flexibility index (Phi) is 7.82. The second kappa shape index (κ2) is 11.2. The average molecular weight is 474 g/mol. The van der Waals surface area contributed by atoms with E-state index < -0.39 is 5.91 Å². The number of hydrogen-bond donors (Lipinski definition) is 3. The van der Waals surface area contributed by atoms with E-state index >= 15 is 0 Å². The Morgan fingerprint density at radius 3 is 2.49 bits per heavy atom. The number of piperazine rings is 1. The molecule has 8 nitrogen and oxygen atoms in total. The molecule has 0 atom stereocenters. The summed E-state index contributed by atoms with van der Waals surface area (Å²) in [5.74, 6) is 0.782. The molecule has 4 rings (SSSR count). The third-order valence-electron chi connectivity index (χ3n) is 6.44. The van der Waals surface area contributed by atoms with Gasteiger partial charge in [-0.1, -0.05) is 19.4 Å². The van der Waals surface area contributed by atoms with Gasteiger partial charge in [-0.15, -0.1) is 0 Å². The third kappa shape index (κ3) is 6.08. The van der Waals surface area contributed by atoms with Crippen LogP contribution in [0.2, 0.25) is 0 Å². The number of rotatable bonds is 9. The van der Waals surface area contributed by atoms with Gasteiger partial charge >= 0.3 is 0 Å². The molecule has 1 aromatic heterocycles. The largest absolute Gasteiger partial charge is 0.369 e. The fraction of sp³-hybridized carbons (Fsp3) is 0.370. The van der Waals surface area contributed by atoms with Gasteiger partial charge in [0.2, 0.25) is 11.9 Å². The first-order valence-corrected chi connectivity index (χ1v) is 12.3. The molecule has 1 saturated heterocycles. The summed E-state index contributed by atoms with van der Waals surface area (Å²) in [5.41, 5.74) is 11.0. The number of benzene rings is 2. The third-order valence-corrected chi connectivity index (χ3v) is 6.44. The van der Waals surface area contributed by atoms with Crippen LogP contribution in [0.25, 0.3) is 0 Å². The van der Waals surface area contributed by atoms with Crippen molar-refractivity contribution in [2.24, 2.45) is 5.73 Å². The van der Waals surface area contributed by atoms with Crippen LogP contribution in [0.5, 0.6) is 0 Å². The molecular weight excluding hydrogens is 438 g/mol. The predicted octanol–water partition coefficient (Wildman–Crippen LogP) is 4.47. The number of hydrogen-bond acceptors (Lipinski definition) is 7. The van der Waals surface area contributed by atoms with Crippen LogP contribution < -0.4 is 21.3 Å². The van der Waals surface area contributed by atoms with Gasteiger partial charge in [0, 0.05) is 60.6 Å². The maximum absolute atomic E-state index is 12.0. The van der Waals surface area contributed by atoms with E-state index in [9.17, 15) is 4.79 Å². The van der Waals surface area contributed by atoms with Crippen LogP contribution in [0, 0.1) is 6.92 Å². The van der Waals surface area contributed by atoms with Crippen molar-refractivity contribution in [3.63, 3.8) is 0 Å². The number of carbonyl (C=O) groups excluding carboxylic acids is 1. The van der Waals surface area contributed by atoms with Gasteiger partial charge < -0.3 is 26.2 Å². The van der Waals surface area contributed by atoms with Crippen LogP contribution in [0.4, 0.5) is 28.8 Å². The minimum Gasteiger partial charge on any atom is -0.369 e. The Balaban J connectivity index is 1.51. The minimum atomic E-state index is -0.415. The highest BCUT2D eigenvalue weighted by atomic mass is 16.1. The molecule has 0 saturated carbocycles. The lowest BCUT2D eigenvalue weighted by molar-refractivity contribution is 0.0999. The van der Waals surface area contributed by atoms with Crippen LogP contribution >= 0.6 is 0 Å². The van der Waals surface area contributed by atoms with E-state index in [4.69, 9.17) is 10.7 Å². The van der Waals surface area contributed by atoms with Crippen molar-refractivity contribution in [3.05, 3.63) is 65.4 Å². The molecule has 8 heteroatoms. The summed E-state index contributed by atoms with van der Waals surface area (Å²) in [6.07, 6.45) is 4.56. The second-order valence-corrected chi connectivity index (χ2v) is 9.11. The number of likely N-dealkylation sites (N-methyl/N-ethyl adjacent to an activating group) is 1. The molecule has 35 heavy (non-hydrogen) atoms. The van der Waals surface area contributed by atoms with Crippen molar-refractivity contribution in [1.82, 2.24) is 14.9 Å². The van der Waals surface area contributed by atoms with Crippen molar-refractivity contribution < 1.29 is 4.79 Å². The van der Waals surface area contributed by atoms with Gasteiger partial charge in [-0.05, 0) is 68.8 Å². The molecular formula is C27H35N7O. The summed E-state index contributed by atoms with van der Waals surface area (Å²) in [4.78, 5) is 25.9. The molecule has 2 heterocycles. The molecule has 3 aromatic rings. The van der Waals surface area contributed by atoms with Crippen LogP contribution in [0.1, 0.15) is 41.3 Å². The number of nitrogens with two attached hydrogens (primary N) is 1. The first-order chi connectivity index (χ1) is 16.9. The molecule has 0 aliphatic carbocycles. The smallest absolute Gasteiger partial charge is 0.249 e. The monoisotopic (exact) mass is 473 g/mol. The Labute approximate surface area is 207 Å². The zero-order valence-electron chi connectivity index (χ0n) is 20.8. The Morgan fingerprint density at radius 2 is 1.80 bits per heavy atom. The van der Waals surface area contributed by atoms with E-state index in [1.54, 1.807) is 12.3 Å². The maximum atomic E-state index is 12.0. The number of nitrogens with one attached hydrogen (secondary N) is 2. The van der Waals surface area contributed by atoms with Crippen LogP contribution in [-0.4, -0.2) is 54.0 Å². The fourth-order valence-corrected chi connectivity index (χ4v) is 4.26. The van der Waals surface area contributed by atoms with E-state index in [1.807, 2.05) is 19.1 Å². The SMILES string of the molecule is CCCCc1c(Nc2nc(Nc3ccc(N4CCN(C)CC4)cc3)ncc2C)cccc1C(N)=O. The lowest BCUT2D eigenvalue weighted by Gasteiger charge is -2.34. The highest BCUT2D eigenvalue weighted by molar-refractivity contribution is 5.96. The van der Waals surface area contributed by atoms with Gasteiger partial charge in [0.1, 0.15) is 5.82 Å². The molecule has 1 aliphatic heterocycles. The van der Waals surface area contributed by atoms with E-state index in [0.717, 1.165) is 67.9 Å². The number of anilines is 5. The van der Waals surface area contributed by atoms with Crippen molar-refractivity contribution in [2.75, 3.05) is 48.8 Å². The molecule has 1 aliphatic rings. The summed E-state index contributed by atoms with van der Waals surface area (Å²) in [6.45, 7) is 8.32. The highest BCUT2D eigenvalue weighted by Crippen LogP contribution is 2.28. The van der Waals surface area contributed by atoms with Gasteiger partial charge in [-0.2, -0.15) is 4.98 Å². The summed E-state index contributed by atoms with van der Waals surface area (Å²) < 4.78 is 0. The Hall–Kier alpha value is -3.65. The number of aromatic nitrogens is 2. The number of aryl methyl sites for hydroxylation is 1. The minimum absolute atomic E-state index is 0.415. The van der Waals surface area contributed by atoms with Gasteiger partial charge in [-0.25, -0.2) is 4.98 Å². The van der Waals surface area contributed by atoms with E-state index in [1.165, 1.54) is 5.69 Å². The quantitative estimate of drug-likeness (QED) is 0.422. The number of carbonyl (C=O) groups is 1. The topological polar surface area (TPSA) is 99.4 Å². The predicted molar refractivity (Wildman–Crippen MR) is 143 cm³/mol. The number of nitrogens with zero attached hydrogens (tertiary/aromatic N) is 4. The lowest BCUT2D eigenvalue weighted by atomic mass is 9.99. The number of primary amides is 1. The molecule has 2 aromatic carbocycles. The Morgan fingerprint density at radius 1 is 1.06 bits per heavy atom. The summed E-state index contributed by atoms with van der Waals surface area (Å²) >= 11 is 0.